The van der Waals surface area contributed by atoms with Crippen molar-refractivity contribution in [3.8, 4) is 5.75 Å². The van der Waals surface area contributed by atoms with Crippen LogP contribution in [0.4, 0.5) is 0 Å². The van der Waals surface area contributed by atoms with Gasteiger partial charge >= 0.3 is 0 Å². The highest BCUT2D eigenvalue weighted by atomic mass is 35.5. The molecule has 84 valence electrons. The minimum atomic E-state index is -0.147. The number of benzene rings is 1. The van der Waals surface area contributed by atoms with Crippen molar-refractivity contribution in [2.75, 3.05) is 6.61 Å². The molecule has 1 aliphatic carbocycles. The van der Waals surface area contributed by atoms with Crippen LogP contribution < -0.4 is 4.74 Å². The van der Waals surface area contributed by atoms with Crippen LogP contribution in [0, 0.1) is 0 Å². The highest BCUT2D eigenvalue weighted by molar-refractivity contribution is 6.35. The average Bonchev–Trinajstić information content (AvgIpc) is 2.68. The van der Waals surface area contributed by atoms with Crippen molar-refractivity contribution in [1.82, 2.24) is 0 Å². The van der Waals surface area contributed by atoms with Crippen molar-refractivity contribution in [2.24, 2.45) is 0 Å². The molecule has 1 aromatic carbocycles. The number of ether oxygens (including phenoxy) is 1. The molecule has 0 N–H and O–H groups in total. The maximum Gasteiger partial charge on any atom is 0.165 e. The summed E-state index contributed by atoms with van der Waals surface area (Å²) < 4.78 is 5.67. The first-order valence-electron chi connectivity index (χ1n) is 5.52. The summed E-state index contributed by atoms with van der Waals surface area (Å²) in [5.74, 6) is 1.05. The molecule has 1 aliphatic heterocycles. The molecule has 1 heterocycles. The summed E-state index contributed by atoms with van der Waals surface area (Å²) in [4.78, 5) is 12.0. The molecule has 0 bridgehead atoms. The molecule has 0 saturated carbocycles. The zero-order chi connectivity index (χ0) is 11.5. The maximum absolute atomic E-state index is 12.0. The monoisotopic (exact) mass is 236 g/mol. The van der Waals surface area contributed by atoms with Gasteiger partial charge in [-0.05, 0) is 11.6 Å². The summed E-state index contributed by atoms with van der Waals surface area (Å²) >= 11 is 6.20. The van der Waals surface area contributed by atoms with Crippen molar-refractivity contribution >= 4 is 17.4 Å². The normalized spacial score (nSPS) is 20.6. The van der Waals surface area contributed by atoms with Crippen LogP contribution in [-0.2, 0) is 11.8 Å². The minimum Gasteiger partial charge on any atom is -0.493 e. The number of carbonyl (C=O) groups excluding carboxylic acids is 1. The maximum atomic E-state index is 12.0. The van der Waals surface area contributed by atoms with Crippen LogP contribution >= 0.6 is 11.6 Å². The fourth-order valence-corrected chi connectivity index (χ4v) is 3.13. The summed E-state index contributed by atoms with van der Waals surface area (Å²) in [6.45, 7) is 4.86. The summed E-state index contributed by atoms with van der Waals surface area (Å²) in [7, 11) is 0. The molecule has 1 aromatic rings. The lowest BCUT2D eigenvalue weighted by atomic mass is 9.85. The minimum absolute atomic E-state index is 0.142. The Morgan fingerprint density at radius 1 is 1.44 bits per heavy atom. The van der Waals surface area contributed by atoms with Gasteiger partial charge in [-0.1, -0.05) is 25.4 Å². The lowest BCUT2D eigenvalue weighted by Gasteiger charge is -2.20. The summed E-state index contributed by atoms with van der Waals surface area (Å²) in [5, 5.41) is 0.592. The highest BCUT2D eigenvalue weighted by Gasteiger charge is 2.42. The molecule has 3 heteroatoms. The molecule has 2 nitrogen and oxygen atoms in total. The molecular formula is C13H13ClO2. The molecule has 0 radical (unpaired) electrons. The van der Waals surface area contributed by atoms with Crippen molar-refractivity contribution < 1.29 is 9.53 Å². The zero-order valence-corrected chi connectivity index (χ0v) is 10.1. The smallest absolute Gasteiger partial charge is 0.165 e. The van der Waals surface area contributed by atoms with E-state index in [9.17, 15) is 4.79 Å². The lowest BCUT2D eigenvalue weighted by molar-refractivity contribution is 0.0979. The third kappa shape index (κ3) is 1.17. The Bertz CT molecular complexity index is 503. The molecule has 0 unspecified atom stereocenters. The van der Waals surface area contributed by atoms with Crippen LogP contribution in [-0.4, -0.2) is 12.4 Å². The van der Waals surface area contributed by atoms with E-state index in [1.807, 2.05) is 6.07 Å². The average molecular weight is 237 g/mol. The van der Waals surface area contributed by atoms with Gasteiger partial charge in [0.25, 0.3) is 0 Å². The molecule has 0 atom stereocenters. The van der Waals surface area contributed by atoms with Crippen molar-refractivity contribution in [1.29, 1.82) is 0 Å². The van der Waals surface area contributed by atoms with Crippen LogP contribution in [0.2, 0.25) is 5.02 Å². The predicted octanol–water partition coefficient (Wildman–Crippen LogP) is 3.14. The SMILES string of the molecule is CC1(C)CC(=O)c2c(Cl)cc3c(c21)OCC3. The van der Waals surface area contributed by atoms with Crippen molar-refractivity contribution in [3.63, 3.8) is 0 Å². The quantitative estimate of drug-likeness (QED) is 0.692. The van der Waals surface area contributed by atoms with Gasteiger partial charge in [-0.3, -0.25) is 4.79 Å². The Morgan fingerprint density at radius 2 is 2.19 bits per heavy atom. The van der Waals surface area contributed by atoms with Crippen LogP contribution in [0.15, 0.2) is 6.07 Å². The van der Waals surface area contributed by atoms with Gasteiger partial charge in [0.1, 0.15) is 5.75 Å². The van der Waals surface area contributed by atoms with E-state index in [2.05, 4.69) is 13.8 Å². The molecule has 0 fully saturated rings. The number of ketones is 1. The van der Waals surface area contributed by atoms with E-state index in [0.29, 0.717) is 23.6 Å². The number of hydrogen-bond acceptors (Lipinski definition) is 2. The van der Waals surface area contributed by atoms with Crippen molar-refractivity contribution in [3.05, 3.63) is 27.8 Å². The number of halogens is 1. The van der Waals surface area contributed by atoms with E-state index in [1.54, 1.807) is 0 Å². The first-order valence-corrected chi connectivity index (χ1v) is 5.90. The molecule has 0 spiro atoms. The van der Waals surface area contributed by atoms with Crippen LogP contribution in [0.1, 0.15) is 41.8 Å². The van der Waals surface area contributed by atoms with Gasteiger partial charge in [-0.2, -0.15) is 0 Å². The Balaban J connectivity index is 2.37. The Kier molecular flexibility index (Phi) is 1.91. The largest absolute Gasteiger partial charge is 0.493 e. The van der Waals surface area contributed by atoms with E-state index in [0.717, 1.165) is 23.3 Å². The second-order valence-electron chi connectivity index (χ2n) is 5.18. The molecule has 0 amide bonds. The summed E-state index contributed by atoms with van der Waals surface area (Å²) in [6, 6.07) is 1.89. The molecule has 2 aliphatic rings. The number of hydrogen-bond donors (Lipinski definition) is 0. The summed E-state index contributed by atoms with van der Waals surface area (Å²) in [6.07, 6.45) is 1.43. The standard InChI is InChI=1S/C13H13ClO2/c1-13(2)6-9(15)10-8(14)5-7-3-4-16-12(7)11(10)13/h5H,3-4,6H2,1-2H3. The molecule has 16 heavy (non-hydrogen) atoms. The summed E-state index contributed by atoms with van der Waals surface area (Å²) in [5.41, 5.74) is 2.71. The van der Waals surface area contributed by atoms with E-state index in [4.69, 9.17) is 16.3 Å². The third-order valence-electron chi connectivity index (χ3n) is 3.48. The number of Topliss-reactive ketones (excluding diaryl/α,β-unsaturated/α-hetero) is 1. The molecule has 0 aromatic heterocycles. The van der Waals surface area contributed by atoms with Gasteiger partial charge < -0.3 is 4.74 Å². The highest BCUT2D eigenvalue weighted by Crippen LogP contribution is 2.49. The van der Waals surface area contributed by atoms with Gasteiger partial charge in [0.2, 0.25) is 0 Å². The number of rotatable bonds is 0. The first-order chi connectivity index (χ1) is 7.50. The fourth-order valence-electron chi connectivity index (χ4n) is 2.79. The van der Waals surface area contributed by atoms with E-state index >= 15 is 0 Å². The third-order valence-corrected chi connectivity index (χ3v) is 3.78. The number of fused-ring (bicyclic) bond motifs is 3. The van der Waals surface area contributed by atoms with Gasteiger partial charge in [-0.25, -0.2) is 0 Å². The topological polar surface area (TPSA) is 26.3 Å². The second kappa shape index (κ2) is 3.01. The van der Waals surface area contributed by atoms with E-state index in [-0.39, 0.29) is 11.2 Å². The van der Waals surface area contributed by atoms with Crippen molar-refractivity contribution in [2.45, 2.75) is 32.1 Å². The fraction of sp³-hybridized carbons (Fsp3) is 0.462. The zero-order valence-electron chi connectivity index (χ0n) is 9.39. The van der Waals surface area contributed by atoms with E-state index in [1.165, 1.54) is 0 Å². The molecule has 3 rings (SSSR count). The van der Waals surface area contributed by atoms with Gasteiger partial charge in [-0.15, -0.1) is 0 Å². The molecular weight excluding hydrogens is 224 g/mol. The second-order valence-corrected chi connectivity index (χ2v) is 5.59. The Labute approximate surface area is 99.6 Å². The van der Waals surface area contributed by atoms with Gasteiger partial charge in [0.15, 0.2) is 5.78 Å². The first kappa shape index (κ1) is 10.2. The Morgan fingerprint density at radius 3 is 2.94 bits per heavy atom. The van der Waals surface area contributed by atoms with Gasteiger partial charge in [0.05, 0.1) is 11.6 Å². The van der Waals surface area contributed by atoms with Crippen LogP contribution in [0.25, 0.3) is 0 Å². The number of carbonyl (C=O) groups is 1. The lowest BCUT2D eigenvalue weighted by Crippen LogP contribution is -2.13. The Hall–Kier alpha value is -1.02. The van der Waals surface area contributed by atoms with Crippen LogP contribution in [0.5, 0.6) is 5.75 Å². The van der Waals surface area contributed by atoms with Crippen LogP contribution in [0.3, 0.4) is 0 Å². The van der Waals surface area contributed by atoms with Gasteiger partial charge in [0, 0.05) is 29.4 Å². The predicted molar refractivity (Wildman–Crippen MR) is 62.6 cm³/mol. The molecule has 0 saturated heterocycles. The van der Waals surface area contributed by atoms with E-state index < -0.39 is 0 Å².